The summed E-state index contributed by atoms with van der Waals surface area (Å²) in [4.78, 5) is 19.3. The number of amides is 1. The quantitative estimate of drug-likeness (QED) is 0.283. The van der Waals surface area contributed by atoms with Crippen molar-refractivity contribution in [2.45, 2.75) is 44.8 Å². The van der Waals surface area contributed by atoms with Gasteiger partial charge in [0.15, 0.2) is 23.3 Å². The topological polar surface area (TPSA) is 41.6 Å². The highest BCUT2D eigenvalue weighted by Crippen LogP contribution is 2.40. The number of benzene rings is 2. The summed E-state index contributed by atoms with van der Waals surface area (Å²) in [5.74, 6) is -12.0. The van der Waals surface area contributed by atoms with E-state index in [9.17, 15) is 26.7 Å². The lowest BCUT2D eigenvalue weighted by Crippen LogP contribution is -2.43. The molecule has 1 amide bonds. The van der Waals surface area contributed by atoms with Crippen LogP contribution < -0.4 is 10.4 Å². The molecule has 9 heteroatoms. The normalized spacial score (nSPS) is 24.9. The molecule has 2 aliphatic rings. The van der Waals surface area contributed by atoms with Crippen LogP contribution in [0.1, 0.15) is 32.6 Å². The van der Waals surface area contributed by atoms with Crippen LogP contribution in [0.5, 0.6) is 0 Å². The van der Waals surface area contributed by atoms with Gasteiger partial charge in [-0.3, -0.25) is 9.63 Å². The molecule has 0 aromatic heterocycles. The Hall–Kier alpha value is -2.94. The molecule has 1 aliphatic heterocycles. The molecule has 0 spiro atoms. The summed E-state index contributed by atoms with van der Waals surface area (Å²) in [6.07, 6.45) is 4.38. The molecule has 1 heterocycles. The number of anilines is 2. The molecule has 1 fully saturated rings. The van der Waals surface area contributed by atoms with Crippen LogP contribution in [0.15, 0.2) is 42.0 Å². The van der Waals surface area contributed by atoms with Gasteiger partial charge in [-0.1, -0.05) is 29.8 Å². The van der Waals surface area contributed by atoms with Gasteiger partial charge in [0.05, 0.1) is 11.8 Å². The number of nitrogens with zero attached hydrogens (tertiary/aromatic N) is 1. The number of carbonyl (C=O) groups is 1. The fourth-order valence-electron chi connectivity index (χ4n) is 4.28. The first-order valence-electron chi connectivity index (χ1n) is 10.3. The zero-order chi connectivity index (χ0) is 23.0. The Kier molecular flexibility index (Phi) is 6.19. The van der Waals surface area contributed by atoms with E-state index in [1.165, 1.54) is 5.06 Å². The maximum absolute atomic E-state index is 14.2. The number of fused-ring (bicyclic) bond motifs is 1. The minimum absolute atomic E-state index is 0.341. The van der Waals surface area contributed by atoms with Gasteiger partial charge in [0.1, 0.15) is 11.7 Å². The molecule has 1 aliphatic carbocycles. The fraction of sp³-hybridized carbons (Fsp3) is 0.348. The molecular weight excluding hydrogens is 431 g/mol. The third kappa shape index (κ3) is 3.97. The smallest absolute Gasteiger partial charge is 0.250 e. The molecule has 3 atom stereocenters. The second-order valence-electron chi connectivity index (χ2n) is 8.01. The summed E-state index contributed by atoms with van der Waals surface area (Å²) in [5, 5.41) is 3.31. The molecule has 0 saturated carbocycles. The van der Waals surface area contributed by atoms with Gasteiger partial charge in [-0.15, -0.1) is 0 Å². The summed E-state index contributed by atoms with van der Waals surface area (Å²) in [6, 6.07) is 7.65. The van der Waals surface area contributed by atoms with Gasteiger partial charge < -0.3 is 5.32 Å². The first-order chi connectivity index (χ1) is 15.3. The summed E-state index contributed by atoms with van der Waals surface area (Å²) < 4.78 is 69.0. The van der Waals surface area contributed by atoms with Gasteiger partial charge in [-0.05, 0) is 44.7 Å². The summed E-state index contributed by atoms with van der Waals surface area (Å²) in [6.45, 7) is 1.98. The number of hydrogen-bond donors (Lipinski definition) is 1. The monoisotopic (exact) mass is 452 g/mol. The van der Waals surface area contributed by atoms with Crippen LogP contribution >= 0.6 is 0 Å². The zero-order valence-corrected chi connectivity index (χ0v) is 17.2. The molecule has 4 rings (SSSR count). The van der Waals surface area contributed by atoms with Crippen molar-refractivity contribution in [3.63, 3.8) is 0 Å². The van der Waals surface area contributed by atoms with E-state index in [1.807, 2.05) is 12.2 Å². The predicted molar refractivity (Wildman–Crippen MR) is 108 cm³/mol. The van der Waals surface area contributed by atoms with Crippen molar-refractivity contribution in [2.75, 3.05) is 10.4 Å². The lowest BCUT2D eigenvalue weighted by molar-refractivity contribution is -0.118. The molecule has 1 saturated heterocycles. The van der Waals surface area contributed by atoms with Crippen LogP contribution in [0.2, 0.25) is 0 Å². The molecule has 0 bridgehead atoms. The van der Waals surface area contributed by atoms with Crippen molar-refractivity contribution >= 4 is 17.3 Å². The van der Waals surface area contributed by atoms with E-state index >= 15 is 0 Å². The Bertz CT molecular complexity index is 1030. The number of allylic oxidation sites excluding steroid dienone is 2. The van der Waals surface area contributed by atoms with Crippen molar-refractivity contribution < 1.29 is 31.6 Å². The van der Waals surface area contributed by atoms with Gasteiger partial charge in [-0.25, -0.2) is 27.0 Å². The van der Waals surface area contributed by atoms with Crippen molar-refractivity contribution in [2.24, 2.45) is 5.92 Å². The Morgan fingerprint density at radius 1 is 0.969 bits per heavy atom. The lowest BCUT2D eigenvalue weighted by atomic mass is 9.84. The minimum atomic E-state index is -2.28. The Morgan fingerprint density at radius 2 is 1.59 bits per heavy atom. The molecule has 1 N–H and O–H groups in total. The SMILES string of the molecule is C/C1=C/CCC2ON(c3ccccc3)C(C(=O)Nc3c(F)c(F)c(F)c(F)c3F)C2CC1. The maximum atomic E-state index is 14.2. The summed E-state index contributed by atoms with van der Waals surface area (Å²) >= 11 is 0. The number of para-hydroxylation sites is 1. The number of carbonyl (C=O) groups excluding carboxylic acids is 1. The second kappa shape index (κ2) is 8.90. The summed E-state index contributed by atoms with van der Waals surface area (Å²) in [5.41, 5.74) is 0.326. The van der Waals surface area contributed by atoms with E-state index in [2.05, 4.69) is 6.08 Å². The van der Waals surface area contributed by atoms with E-state index in [1.54, 1.807) is 30.3 Å². The predicted octanol–water partition coefficient (Wildman–Crippen LogP) is 5.65. The molecule has 0 radical (unpaired) electrons. The number of hydrogen-bond acceptors (Lipinski definition) is 3. The average Bonchev–Trinajstić information content (AvgIpc) is 3.14. The highest BCUT2D eigenvalue weighted by Gasteiger charge is 2.47. The van der Waals surface area contributed by atoms with Crippen LogP contribution in [0.25, 0.3) is 0 Å². The minimum Gasteiger partial charge on any atom is -0.319 e. The molecule has 3 unspecified atom stereocenters. The van der Waals surface area contributed by atoms with E-state index < -0.39 is 46.7 Å². The van der Waals surface area contributed by atoms with Crippen molar-refractivity contribution in [1.82, 2.24) is 0 Å². The fourth-order valence-corrected chi connectivity index (χ4v) is 4.28. The average molecular weight is 452 g/mol. The Labute approximate surface area is 181 Å². The van der Waals surface area contributed by atoms with Crippen molar-refractivity contribution in [3.8, 4) is 0 Å². The molecule has 32 heavy (non-hydrogen) atoms. The Balaban J connectivity index is 1.71. The molecule has 2 aromatic rings. The van der Waals surface area contributed by atoms with E-state index in [4.69, 9.17) is 4.84 Å². The van der Waals surface area contributed by atoms with E-state index in [0.717, 1.165) is 12.0 Å². The first kappa shape index (κ1) is 22.3. The van der Waals surface area contributed by atoms with E-state index in [-0.39, 0.29) is 12.0 Å². The largest absolute Gasteiger partial charge is 0.319 e. The molecule has 2 aromatic carbocycles. The van der Waals surface area contributed by atoms with Gasteiger partial charge in [0, 0.05) is 5.92 Å². The van der Waals surface area contributed by atoms with Crippen LogP contribution in [-0.4, -0.2) is 18.1 Å². The van der Waals surface area contributed by atoms with Gasteiger partial charge in [0.2, 0.25) is 11.7 Å². The van der Waals surface area contributed by atoms with Crippen molar-refractivity contribution in [1.29, 1.82) is 0 Å². The van der Waals surface area contributed by atoms with E-state index in [0.29, 0.717) is 24.9 Å². The van der Waals surface area contributed by atoms with Crippen LogP contribution in [0.3, 0.4) is 0 Å². The van der Waals surface area contributed by atoms with Gasteiger partial charge >= 0.3 is 0 Å². The highest BCUT2D eigenvalue weighted by atomic mass is 19.2. The third-order valence-corrected chi connectivity index (χ3v) is 5.94. The van der Waals surface area contributed by atoms with Crippen molar-refractivity contribution in [3.05, 3.63) is 71.1 Å². The van der Waals surface area contributed by atoms with Crippen LogP contribution in [-0.2, 0) is 9.63 Å². The highest BCUT2D eigenvalue weighted by molar-refractivity contribution is 5.97. The van der Waals surface area contributed by atoms with Crippen LogP contribution in [0, 0.1) is 35.0 Å². The van der Waals surface area contributed by atoms with Gasteiger partial charge in [0.25, 0.3) is 0 Å². The molecule has 4 nitrogen and oxygen atoms in total. The second-order valence-corrected chi connectivity index (χ2v) is 8.01. The zero-order valence-electron chi connectivity index (χ0n) is 17.2. The maximum Gasteiger partial charge on any atom is 0.250 e. The van der Waals surface area contributed by atoms with Gasteiger partial charge in [-0.2, -0.15) is 0 Å². The number of halogens is 5. The lowest BCUT2D eigenvalue weighted by Gasteiger charge is -2.27. The number of rotatable bonds is 3. The number of nitrogens with one attached hydrogen (secondary N) is 1. The Morgan fingerprint density at radius 3 is 2.25 bits per heavy atom. The molecule has 170 valence electrons. The molecular formula is C23H21F5N2O2. The standard InChI is InChI=1S/C23H21F5N2O2/c1-12-6-5-9-15-14(11-10-12)22(30(32-15)13-7-3-2-4-8-13)23(31)29-21-19(27)17(25)16(24)18(26)20(21)28/h2-4,6-8,14-15,22H,5,9-11H2,1H3,(H,29,31)/b12-6-. The third-order valence-electron chi connectivity index (χ3n) is 5.94. The van der Waals surface area contributed by atoms with Crippen LogP contribution in [0.4, 0.5) is 33.3 Å². The first-order valence-corrected chi connectivity index (χ1v) is 10.3. The number of hydroxylamine groups is 1. The summed E-state index contributed by atoms with van der Waals surface area (Å²) in [7, 11) is 0.